The van der Waals surface area contributed by atoms with Crippen LogP contribution in [0.15, 0.2) is 48.5 Å². The van der Waals surface area contributed by atoms with Gasteiger partial charge in [-0.2, -0.15) is 4.89 Å². The number of aromatic hydroxyl groups is 1. The third-order valence-corrected chi connectivity index (χ3v) is 3.54. The van der Waals surface area contributed by atoms with Gasteiger partial charge in [0.05, 0.1) is 0 Å². The Hall–Kier alpha value is -2.68. The molecule has 0 saturated carbocycles. The molecule has 0 aliphatic heterocycles. The highest BCUT2D eigenvalue weighted by Crippen LogP contribution is 2.28. The van der Waals surface area contributed by atoms with Crippen LogP contribution in [0, 0.1) is 11.8 Å². The molecule has 5 nitrogen and oxygen atoms in total. The molecule has 132 valence electrons. The van der Waals surface area contributed by atoms with E-state index in [0.717, 1.165) is 5.56 Å². The van der Waals surface area contributed by atoms with Crippen LogP contribution < -0.4 is 9.62 Å². The summed E-state index contributed by atoms with van der Waals surface area (Å²) in [5, 5.41) is 9.31. The van der Waals surface area contributed by atoms with Crippen LogP contribution in [0.3, 0.4) is 0 Å². The average Bonchev–Trinajstić information content (AvgIpc) is 2.62. The van der Waals surface area contributed by atoms with Crippen LogP contribution in [0.5, 0.6) is 17.2 Å². The fourth-order valence-corrected chi connectivity index (χ4v) is 2.10. The minimum Gasteiger partial charge on any atom is -0.508 e. The molecule has 2 aromatic carbocycles. The summed E-state index contributed by atoms with van der Waals surface area (Å²) in [7, 11) is 1.58. The first-order valence-corrected chi connectivity index (χ1v) is 7.85. The molecule has 0 aliphatic rings. The maximum Gasteiger partial charge on any atom is 0.197 e. The standard InChI is InChI=1S/C20H22O5/c1-5-14-20(3,25-24-19-12-8-17(21)9-13-19)16-6-10-18(11-7-16)23-15(2)22-4/h6-13,15,21H,1-4H3. The van der Waals surface area contributed by atoms with Gasteiger partial charge >= 0.3 is 0 Å². The first-order chi connectivity index (χ1) is 12.0. The number of ether oxygens (including phenoxy) is 2. The minimum absolute atomic E-state index is 0.157. The Bertz CT molecular complexity index is 727. The van der Waals surface area contributed by atoms with Crippen LogP contribution in [0.4, 0.5) is 0 Å². The smallest absolute Gasteiger partial charge is 0.197 e. The van der Waals surface area contributed by atoms with E-state index in [9.17, 15) is 5.11 Å². The van der Waals surface area contributed by atoms with Gasteiger partial charge in [-0.25, -0.2) is 0 Å². The predicted molar refractivity (Wildman–Crippen MR) is 94.2 cm³/mol. The van der Waals surface area contributed by atoms with Crippen molar-refractivity contribution in [2.45, 2.75) is 32.7 Å². The zero-order valence-corrected chi connectivity index (χ0v) is 14.8. The molecule has 0 aromatic heterocycles. The summed E-state index contributed by atoms with van der Waals surface area (Å²) < 4.78 is 10.7. The minimum atomic E-state index is -0.960. The number of phenolic OH excluding ortho intramolecular Hbond substituents is 1. The maximum absolute atomic E-state index is 9.31. The predicted octanol–water partition coefficient (Wildman–Crippen LogP) is 4.01. The fraction of sp³-hybridized carbons (Fsp3) is 0.300. The normalized spacial score (nSPS) is 13.9. The Morgan fingerprint density at radius 2 is 1.60 bits per heavy atom. The Balaban J connectivity index is 2.14. The molecule has 0 saturated heterocycles. The highest BCUT2D eigenvalue weighted by molar-refractivity contribution is 5.36. The van der Waals surface area contributed by atoms with Gasteiger partial charge in [-0.3, -0.25) is 0 Å². The Labute approximate surface area is 148 Å². The molecule has 0 amide bonds. The van der Waals surface area contributed by atoms with E-state index in [-0.39, 0.29) is 12.0 Å². The third kappa shape index (κ3) is 5.15. The summed E-state index contributed by atoms with van der Waals surface area (Å²) in [5.41, 5.74) is -0.143. The molecule has 2 atom stereocenters. The summed E-state index contributed by atoms with van der Waals surface area (Å²) in [6.07, 6.45) is -0.332. The summed E-state index contributed by atoms with van der Waals surface area (Å²) >= 11 is 0. The monoisotopic (exact) mass is 342 g/mol. The lowest BCUT2D eigenvalue weighted by molar-refractivity contribution is -0.271. The van der Waals surface area contributed by atoms with Gasteiger partial charge in [0.25, 0.3) is 0 Å². The first-order valence-electron chi connectivity index (χ1n) is 7.85. The van der Waals surface area contributed by atoms with Gasteiger partial charge in [-0.05, 0) is 57.2 Å². The fourth-order valence-electron chi connectivity index (χ4n) is 2.10. The number of hydrogen-bond donors (Lipinski definition) is 1. The molecule has 2 aromatic rings. The third-order valence-electron chi connectivity index (χ3n) is 3.54. The molecular formula is C20H22O5. The van der Waals surface area contributed by atoms with Crippen LogP contribution >= 0.6 is 0 Å². The number of benzene rings is 2. The van der Waals surface area contributed by atoms with Gasteiger partial charge in [0.1, 0.15) is 11.5 Å². The zero-order valence-electron chi connectivity index (χ0n) is 14.8. The van der Waals surface area contributed by atoms with Crippen LogP contribution in [-0.4, -0.2) is 18.5 Å². The second-order valence-corrected chi connectivity index (χ2v) is 5.51. The SMILES string of the molecule is CC#CC(C)(OOc1ccc(O)cc1)c1ccc(OC(C)OC)cc1. The summed E-state index contributed by atoms with van der Waals surface area (Å²) in [6.45, 7) is 5.37. The quantitative estimate of drug-likeness (QED) is 0.356. The summed E-state index contributed by atoms with van der Waals surface area (Å²) in [5.74, 6) is 7.19. The second-order valence-electron chi connectivity index (χ2n) is 5.51. The molecular weight excluding hydrogens is 320 g/mol. The molecule has 0 heterocycles. The van der Waals surface area contributed by atoms with E-state index in [4.69, 9.17) is 19.2 Å². The van der Waals surface area contributed by atoms with Crippen LogP contribution in [-0.2, 0) is 15.2 Å². The van der Waals surface area contributed by atoms with Gasteiger partial charge in [0.2, 0.25) is 0 Å². The van der Waals surface area contributed by atoms with Crippen LogP contribution in [0.25, 0.3) is 0 Å². The lowest BCUT2D eigenvalue weighted by Gasteiger charge is -2.23. The largest absolute Gasteiger partial charge is 0.508 e. The Morgan fingerprint density at radius 3 is 2.16 bits per heavy atom. The molecule has 0 aliphatic carbocycles. The highest BCUT2D eigenvalue weighted by atomic mass is 17.2. The first kappa shape index (κ1) is 18.7. The highest BCUT2D eigenvalue weighted by Gasteiger charge is 2.28. The molecule has 1 N–H and O–H groups in total. The Kier molecular flexibility index (Phi) is 6.29. The molecule has 0 spiro atoms. The second kappa shape index (κ2) is 8.43. The lowest BCUT2D eigenvalue weighted by atomic mass is 9.96. The molecule has 5 heteroatoms. The van der Waals surface area contributed by atoms with Crippen LogP contribution in [0.2, 0.25) is 0 Å². The number of methoxy groups -OCH3 is 1. The molecule has 0 radical (unpaired) electrons. The molecule has 2 rings (SSSR count). The molecule has 25 heavy (non-hydrogen) atoms. The van der Waals surface area contributed by atoms with E-state index in [1.165, 1.54) is 12.1 Å². The van der Waals surface area contributed by atoms with Crippen molar-refractivity contribution in [2.75, 3.05) is 7.11 Å². The van der Waals surface area contributed by atoms with Crippen molar-refractivity contribution in [3.63, 3.8) is 0 Å². The van der Waals surface area contributed by atoms with E-state index in [1.807, 2.05) is 38.1 Å². The van der Waals surface area contributed by atoms with E-state index in [0.29, 0.717) is 11.5 Å². The van der Waals surface area contributed by atoms with Crippen molar-refractivity contribution < 1.29 is 24.4 Å². The average molecular weight is 342 g/mol. The number of hydrogen-bond acceptors (Lipinski definition) is 5. The van der Waals surface area contributed by atoms with Crippen molar-refractivity contribution in [3.8, 4) is 29.1 Å². The van der Waals surface area contributed by atoms with Gasteiger partial charge in [-0.15, -0.1) is 5.92 Å². The van der Waals surface area contributed by atoms with Gasteiger partial charge in [-0.1, -0.05) is 18.1 Å². The zero-order chi connectivity index (χ0) is 18.3. The lowest BCUT2D eigenvalue weighted by Crippen LogP contribution is -2.26. The summed E-state index contributed by atoms with van der Waals surface area (Å²) in [6, 6.07) is 13.6. The van der Waals surface area contributed by atoms with Gasteiger partial charge in [0, 0.05) is 12.7 Å². The van der Waals surface area contributed by atoms with Crippen molar-refractivity contribution in [2.24, 2.45) is 0 Å². The van der Waals surface area contributed by atoms with E-state index >= 15 is 0 Å². The van der Waals surface area contributed by atoms with Gasteiger partial charge in [0.15, 0.2) is 17.6 Å². The Morgan fingerprint density at radius 1 is 1.00 bits per heavy atom. The van der Waals surface area contributed by atoms with E-state index < -0.39 is 5.60 Å². The molecule has 0 fully saturated rings. The maximum atomic E-state index is 9.31. The van der Waals surface area contributed by atoms with Crippen LogP contribution in [0.1, 0.15) is 26.3 Å². The molecule has 2 unspecified atom stereocenters. The van der Waals surface area contributed by atoms with Crippen molar-refractivity contribution in [3.05, 3.63) is 54.1 Å². The van der Waals surface area contributed by atoms with Crippen molar-refractivity contribution in [1.29, 1.82) is 0 Å². The number of rotatable bonds is 7. The van der Waals surface area contributed by atoms with Crippen molar-refractivity contribution in [1.82, 2.24) is 0 Å². The van der Waals surface area contributed by atoms with E-state index in [2.05, 4.69) is 11.8 Å². The number of phenols is 1. The van der Waals surface area contributed by atoms with Crippen molar-refractivity contribution >= 4 is 0 Å². The topological polar surface area (TPSA) is 57.2 Å². The van der Waals surface area contributed by atoms with E-state index in [1.54, 1.807) is 26.2 Å². The summed E-state index contributed by atoms with van der Waals surface area (Å²) in [4.78, 5) is 11.0. The molecule has 0 bridgehead atoms. The van der Waals surface area contributed by atoms with Gasteiger partial charge < -0.3 is 19.5 Å².